The first kappa shape index (κ1) is 21.3. The number of hydrogen-bond donors (Lipinski definition) is 2. The number of rotatable bonds is 2. The van der Waals surface area contributed by atoms with E-state index in [-0.39, 0.29) is 23.3 Å². The van der Waals surface area contributed by atoms with Gasteiger partial charge < -0.3 is 10.6 Å². The van der Waals surface area contributed by atoms with Gasteiger partial charge in [-0.15, -0.1) is 0 Å². The van der Waals surface area contributed by atoms with E-state index in [9.17, 15) is 19.7 Å². The van der Waals surface area contributed by atoms with E-state index in [2.05, 4.69) is 10.6 Å². The van der Waals surface area contributed by atoms with Crippen LogP contribution in [0.15, 0.2) is 59.8 Å². The van der Waals surface area contributed by atoms with Crippen molar-refractivity contribution in [1.82, 2.24) is 9.78 Å². The number of aryl methyl sites for hydroxylation is 1. The third-order valence-electron chi connectivity index (χ3n) is 7.16. The molecule has 1 unspecified atom stereocenters. The third kappa shape index (κ3) is 2.78. The number of benzene rings is 2. The molecule has 1 amide bonds. The number of anilines is 2. The van der Waals surface area contributed by atoms with Gasteiger partial charge in [-0.05, 0) is 37.0 Å². The summed E-state index contributed by atoms with van der Waals surface area (Å²) in [5.74, 6) is 0.0511. The molecular weight excluding hydrogens is 446 g/mol. The summed E-state index contributed by atoms with van der Waals surface area (Å²) >= 11 is 0. The van der Waals surface area contributed by atoms with Crippen molar-refractivity contribution >= 4 is 28.9 Å². The van der Waals surface area contributed by atoms with Gasteiger partial charge in [0.05, 0.1) is 16.3 Å². The van der Waals surface area contributed by atoms with E-state index in [1.54, 1.807) is 11.6 Å². The number of nitro benzene ring substituents is 1. The summed E-state index contributed by atoms with van der Waals surface area (Å²) in [6.07, 6.45) is 0.819. The Morgan fingerprint density at radius 2 is 1.80 bits per heavy atom. The predicted octanol–water partition coefficient (Wildman–Crippen LogP) is 4.40. The van der Waals surface area contributed by atoms with Crippen molar-refractivity contribution in [3.05, 3.63) is 86.7 Å². The number of hydrogen-bond acceptors (Lipinski definition) is 6. The lowest BCUT2D eigenvalue weighted by molar-refractivity contribution is -0.384. The molecule has 176 valence electrons. The molecule has 9 heteroatoms. The van der Waals surface area contributed by atoms with E-state index in [0.717, 1.165) is 5.69 Å². The van der Waals surface area contributed by atoms with Crippen LogP contribution in [0.5, 0.6) is 0 Å². The van der Waals surface area contributed by atoms with Crippen molar-refractivity contribution in [2.75, 3.05) is 10.6 Å². The SMILES string of the molecule is Cc1nn(-c2ccccc2)c2c1C1(C(=O)Nc3ccc([N+](=O)[O-])cc31)C1=C(CC(C)(C)CC1=O)N2. The van der Waals surface area contributed by atoms with Crippen molar-refractivity contribution in [3.8, 4) is 5.69 Å². The molecule has 2 aliphatic heterocycles. The number of nitrogens with one attached hydrogen (secondary N) is 2. The summed E-state index contributed by atoms with van der Waals surface area (Å²) in [6.45, 7) is 5.84. The zero-order valence-corrected chi connectivity index (χ0v) is 19.5. The number of non-ortho nitro benzene ring substituents is 1. The summed E-state index contributed by atoms with van der Waals surface area (Å²) in [4.78, 5) is 38.9. The van der Waals surface area contributed by atoms with Crippen molar-refractivity contribution in [2.24, 2.45) is 5.41 Å². The molecule has 0 saturated carbocycles. The molecule has 1 atom stereocenters. The highest BCUT2D eigenvalue weighted by Gasteiger charge is 2.60. The second-order valence-electron chi connectivity index (χ2n) is 10.2. The Bertz CT molecular complexity index is 1500. The van der Waals surface area contributed by atoms with Gasteiger partial charge in [0, 0.05) is 46.6 Å². The summed E-state index contributed by atoms with van der Waals surface area (Å²) < 4.78 is 1.74. The summed E-state index contributed by atoms with van der Waals surface area (Å²) in [7, 11) is 0. The molecule has 1 spiro atoms. The lowest BCUT2D eigenvalue weighted by Crippen LogP contribution is -2.48. The van der Waals surface area contributed by atoms with Crippen LogP contribution in [-0.2, 0) is 15.0 Å². The average molecular weight is 470 g/mol. The zero-order chi connectivity index (χ0) is 24.7. The fourth-order valence-corrected chi connectivity index (χ4v) is 5.88. The number of aromatic nitrogens is 2. The highest BCUT2D eigenvalue weighted by molar-refractivity contribution is 6.20. The summed E-state index contributed by atoms with van der Waals surface area (Å²) in [5.41, 5.74) is 1.82. The van der Waals surface area contributed by atoms with Gasteiger partial charge in [-0.25, -0.2) is 4.68 Å². The summed E-state index contributed by atoms with van der Waals surface area (Å²) in [6, 6.07) is 13.8. The van der Waals surface area contributed by atoms with Crippen molar-refractivity contribution in [2.45, 2.75) is 39.0 Å². The van der Waals surface area contributed by atoms with E-state index in [0.29, 0.717) is 46.0 Å². The van der Waals surface area contributed by atoms with Crippen LogP contribution >= 0.6 is 0 Å². The van der Waals surface area contributed by atoms with Crippen LogP contribution in [0, 0.1) is 22.5 Å². The molecule has 0 bridgehead atoms. The molecule has 2 aromatic carbocycles. The minimum atomic E-state index is -1.53. The van der Waals surface area contributed by atoms with Gasteiger partial charge in [0.15, 0.2) is 5.78 Å². The monoisotopic (exact) mass is 469 g/mol. The molecule has 3 aliphatic rings. The van der Waals surface area contributed by atoms with Crippen molar-refractivity contribution < 1.29 is 14.5 Å². The minimum absolute atomic E-state index is 0.140. The first-order valence-electron chi connectivity index (χ1n) is 11.4. The molecule has 1 aromatic heterocycles. The molecule has 6 rings (SSSR count). The predicted molar refractivity (Wildman–Crippen MR) is 129 cm³/mol. The summed E-state index contributed by atoms with van der Waals surface area (Å²) in [5, 5.41) is 22.8. The molecule has 0 saturated heterocycles. The van der Waals surface area contributed by atoms with Crippen LogP contribution < -0.4 is 10.6 Å². The van der Waals surface area contributed by atoms with Crippen LogP contribution in [0.1, 0.15) is 43.5 Å². The largest absolute Gasteiger partial charge is 0.343 e. The number of nitrogens with zero attached hydrogens (tertiary/aromatic N) is 3. The highest BCUT2D eigenvalue weighted by atomic mass is 16.6. The Morgan fingerprint density at radius 1 is 1.06 bits per heavy atom. The maximum atomic E-state index is 14.0. The quantitative estimate of drug-likeness (QED) is 0.424. The Balaban J connectivity index is 1.73. The normalized spacial score (nSPS) is 21.8. The number of amides is 1. The Labute approximate surface area is 201 Å². The molecule has 3 aromatic rings. The molecule has 0 fully saturated rings. The van der Waals surface area contributed by atoms with Crippen molar-refractivity contribution in [3.63, 3.8) is 0 Å². The number of para-hydroxylation sites is 1. The average Bonchev–Trinajstić information content (AvgIpc) is 3.27. The Morgan fingerprint density at radius 3 is 2.51 bits per heavy atom. The van der Waals surface area contributed by atoms with Gasteiger partial charge in [-0.1, -0.05) is 32.0 Å². The molecule has 1 aliphatic carbocycles. The van der Waals surface area contributed by atoms with Gasteiger partial charge in [-0.3, -0.25) is 19.7 Å². The second-order valence-corrected chi connectivity index (χ2v) is 10.2. The molecule has 35 heavy (non-hydrogen) atoms. The van der Waals surface area contributed by atoms with Crippen LogP contribution in [0.25, 0.3) is 5.69 Å². The smallest absolute Gasteiger partial charge is 0.269 e. The van der Waals surface area contributed by atoms with E-state index in [1.165, 1.54) is 18.2 Å². The van der Waals surface area contributed by atoms with Crippen molar-refractivity contribution in [1.29, 1.82) is 0 Å². The van der Waals surface area contributed by atoms with Gasteiger partial charge in [0.1, 0.15) is 11.2 Å². The van der Waals surface area contributed by atoms with Crippen LogP contribution in [0.2, 0.25) is 0 Å². The second kappa shape index (κ2) is 6.88. The van der Waals surface area contributed by atoms with E-state index in [4.69, 9.17) is 5.10 Å². The van der Waals surface area contributed by atoms with E-state index >= 15 is 0 Å². The number of nitro groups is 1. The Kier molecular flexibility index (Phi) is 4.18. The van der Waals surface area contributed by atoms with E-state index < -0.39 is 16.2 Å². The fourth-order valence-electron chi connectivity index (χ4n) is 5.88. The molecule has 3 heterocycles. The first-order chi connectivity index (χ1) is 16.6. The van der Waals surface area contributed by atoms with E-state index in [1.807, 2.05) is 44.2 Å². The molecular formula is C26H23N5O4. The Hall–Kier alpha value is -4.27. The van der Waals surface area contributed by atoms with Crippen LogP contribution in [0.3, 0.4) is 0 Å². The van der Waals surface area contributed by atoms with Crippen LogP contribution in [0.4, 0.5) is 17.2 Å². The molecule has 0 radical (unpaired) electrons. The lowest BCUT2D eigenvalue weighted by atomic mass is 9.61. The maximum Gasteiger partial charge on any atom is 0.269 e. The van der Waals surface area contributed by atoms with Gasteiger partial charge in [0.25, 0.3) is 5.69 Å². The maximum absolute atomic E-state index is 14.0. The molecule has 2 N–H and O–H groups in total. The third-order valence-corrected chi connectivity index (χ3v) is 7.16. The van der Waals surface area contributed by atoms with Gasteiger partial charge >= 0.3 is 0 Å². The standard InChI is InChI=1S/C26H23N5O4/c1-14-21-23(30(29-14)15-7-5-4-6-8-15)27-19-12-25(2,3)13-20(32)22(19)26(21)17-11-16(31(34)35)9-10-18(17)28-24(26)33/h4-11,27H,12-13H2,1-3H3,(H,28,33). The highest BCUT2D eigenvalue weighted by Crippen LogP contribution is 2.58. The minimum Gasteiger partial charge on any atom is -0.343 e. The fraction of sp³-hybridized carbons (Fsp3) is 0.269. The number of fused-ring (bicyclic) bond motifs is 5. The van der Waals surface area contributed by atoms with Gasteiger partial charge in [0.2, 0.25) is 5.91 Å². The molecule has 9 nitrogen and oxygen atoms in total. The zero-order valence-electron chi connectivity index (χ0n) is 19.5. The topological polar surface area (TPSA) is 119 Å². The van der Waals surface area contributed by atoms with Crippen LogP contribution in [-0.4, -0.2) is 26.4 Å². The van der Waals surface area contributed by atoms with Gasteiger partial charge in [-0.2, -0.15) is 5.10 Å². The number of ketones is 1. The number of allylic oxidation sites excluding steroid dienone is 1. The number of carbonyl (C=O) groups excluding carboxylic acids is 2. The lowest BCUT2D eigenvalue weighted by Gasteiger charge is -2.42. The number of Topliss-reactive ketones (excluding diaryl/α,β-unsaturated/α-hetero) is 1. The first-order valence-corrected chi connectivity index (χ1v) is 11.4. The number of carbonyl (C=O) groups is 2.